The minimum Gasteiger partial charge on any atom is -0.376 e. The van der Waals surface area contributed by atoms with Gasteiger partial charge in [0.1, 0.15) is 0 Å². The van der Waals surface area contributed by atoms with Gasteiger partial charge in [-0.15, -0.1) is 10.2 Å². The van der Waals surface area contributed by atoms with Gasteiger partial charge in [-0.2, -0.15) is 4.98 Å². The Morgan fingerprint density at radius 1 is 1.20 bits per heavy atom. The summed E-state index contributed by atoms with van der Waals surface area (Å²) in [6.45, 7) is 1.70. The first kappa shape index (κ1) is 23.4. The molecule has 1 aliphatic rings. The lowest BCUT2D eigenvalue weighted by atomic mass is 10.1. The number of amides is 1. The smallest absolute Gasteiger partial charge is 0.259 e. The molecule has 4 aromatic rings. The number of hydrogen-bond acceptors (Lipinski definition) is 11. The number of benzene rings is 1. The number of thiazole rings is 1. The van der Waals surface area contributed by atoms with E-state index in [1.165, 1.54) is 18.4 Å². The van der Waals surface area contributed by atoms with Gasteiger partial charge in [0.2, 0.25) is 10.3 Å². The van der Waals surface area contributed by atoms with E-state index >= 15 is 0 Å². The van der Waals surface area contributed by atoms with E-state index in [0.29, 0.717) is 10.3 Å². The largest absolute Gasteiger partial charge is 0.376 e. The van der Waals surface area contributed by atoms with E-state index in [1.807, 2.05) is 55.5 Å². The monoisotopic (exact) mass is 510 g/mol. The van der Waals surface area contributed by atoms with Crippen LogP contribution in [-0.4, -0.2) is 66.4 Å². The van der Waals surface area contributed by atoms with Gasteiger partial charge in [0, 0.05) is 40.3 Å². The van der Waals surface area contributed by atoms with Crippen LogP contribution < -0.4 is 20.4 Å². The number of hydrogen-bond donors (Lipinski definition) is 2. The minimum absolute atomic E-state index is 0.208. The number of rotatable bonds is 8. The lowest BCUT2D eigenvalue weighted by Crippen LogP contribution is -2.25. The number of carbonyl (C=O) groups excluding carboxylic acids is 1. The molecule has 0 spiro atoms. The van der Waals surface area contributed by atoms with Crippen LogP contribution in [0.4, 0.5) is 21.1 Å². The topological polar surface area (TPSA) is 108 Å². The molecule has 0 radical (unpaired) electrons. The van der Waals surface area contributed by atoms with Crippen LogP contribution in [-0.2, 0) is 9.53 Å². The predicted molar refractivity (Wildman–Crippen MR) is 141 cm³/mol. The van der Waals surface area contributed by atoms with Crippen molar-refractivity contribution in [3.8, 4) is 0 Å². The van der Waals surface area contributed by atoms with Crippen LogP contribution in [0.5, 0.6) is 0 Å². The highest BCUT2D eigenvalue weighted by molar-refractivity contribution is 7.22. The molecule has 4 heterocycles. The van der Waals surface area contributed by atoms with Gasteiger partial charge >= 0.3 is 0 Å². The molecule has 10 nitrogen and oxygen atoms in total. The molecule has 5 rings (SSSR count). The average molecular weight is 511 g/mol. The first-order valence-corrected chi connectivity index (χ1v) is 12.8. The highest BCUT2D eigenvalue weighted by atomic mass is 32.1. The normalized spacial score (nSPS) is 16.4. The molecule has 2 N–H and O–H groups in total. The molecule has 1 saturated heterocycles. The third-order valence-electron chi connectivity index (χ3n) is 5.76. The first-order chi connectivity index (χ1) is 17.0. The van der Waals surface area contributed by atoms with Gasteiger partial charge in [-0.05, 0) is 18.1 Å². The zero-order valence-corrected chi connectivity index (χ0v) is 21.3. The van der Waals surface area contributed by atoms with Crippen LogP contribution in [0.3, 0.4) is 0 Å². The predicted octanol–water partition coefficient (Wildman–Crippen LogP) is 3.63. The Morgan fingerprint density at radius 2 is 2.00 bits per heavy atom. The summed E-state index contributed by atoms with van der Waals surface area (Å²) in [5.74, 6) is -0.282. The van der Waals surface area contributed by atoms with Crippen molar-refractivity contribution in [1.82, 2.24) is 20.2 Å². The number of nitrogens with one attached hydrogen (secondary N) is 2. The third kappa shape index (κ3) is 5.19. The number of nitrogens with zero attached hydrogens (tertiary/aromatic N) is 6. The van der Waals surface area contributed by atoms with Crippen molar-refractivity contribution in [3.63, 3.8) is 0 Å². The van der Waals surface area contributed by atoms with Crippen LogP contribution in [0.1, 0.15) is 18.1 Å². The second kappa shape index (κ2) is 10.1. The number of ether oxygens (including phenoxy) is 1. The van der Waals surface area contributed by atoms with Crippen molar-refractivity contribution in [1.29, 1.82) is 0 Å². The molecule has 1 aliphatic heterocycles. The molecule has 2 atom stereocenters. The SMILES string of the molecule is COC(C(=O)Nc1nnc(N[C@@H]2CCN(c3nc4ncc(N(C)C)cc4s3)C2)s1)c1ccccc1. The number of methoxy groups -OCH3 is 1. The lowest BCUT2D eigenvalue weighted by Gasteiger charge is -2.15. The Bertz CT molecular complexity index is 1310. The Hall–Kier alpha value is -3.35. The average Bonchev–Trinajstić information content (AvgIpc) is 3.60. The fourth-order valence-electron chi connectivity index (χ4n) is 3.93. The molecule has 1 aromatic carbocycles. The van der Waals surface area contributed by atoms with Gasteiger partial charge in [-0.25, -0.2) is 4.98 Å². The van der Waals surface area contributed by atoms with Crippen molar-refractivity contribution in [2.45, 2.75) is 18.6 Å². The number of fused-ring (bicyclic) bond motifs is 1. The van der Waals surface area contributed by atoms with E-state index in [-0.39, 0.29) is 11.9 Å². The van der Waals surface area contributed by atoms with E-state index in [9.17, 15) is 4.79 Å². The Labute approximate surface area is 211 Å². The third-order valence-corrected chi connectivity index (χ3v) is 7.58. The van der Waals surface area contributed by atoms with Crippen molar-refractivity contribution < 1.29 is 9.53 Å². The van der Waals surface area contributed by atoms with Crippen LogP contribution >= 0.6 is 22.7 Å². The van der Waals surface area contributed by atoms with Gasteiger partial charge in [-0.3, -0.25) is 10.1 Å². The lowest BCUT2D eigenvalue weighted by molar-refractivity contribution is -0.126. The number of anilines is 4. The highest BCUT2D eigenvalue weighted by Crippen LogP contribution is 2.33. The molecular weight excluding hydrogens is 484 g/mol. The maximum absolute atomic E-state index is 12.7. The maximum Gasteiger partial charge on any atom is 0.259 e. The highest BCUT2D eigenvalue weighted by Gasteiger charge is 2.27. The van der Waals surface area contributed by atoms with E-state index in [4.69, 9.17) is 9.72 Å². The summed E-state index contributed by atoms with van der Waals surface area (Å²) in [6.07, 6.45) is 2.09. The molecule has 0 aliphatic carbocycles. The second-order valence-corrected chi connectivity index (χ2v) is 10.4. The standard InChI is InChI=1S/C23H26N8O2S2/c1-30(2)16-11-17-19(24-12-16)26-23(34-17)31-10-9-15(13-31)25-21-28-29-22(35-21)27-20(32)18(33-3)14-7-5-4-6-8-14/h4-8,11-12,15,18H,9-10,13H2,1-3H3,(H,25,28)(H,27,29,32)/t15-,18?/m1/s1. The Balaban J connectivity index is 1.19. The van der Waals surface area contributed by atoms with Crippen molar-refractivity contribution >= 4 is 60.0 Å². The van der Waals surface area contributed by atoms with E-state index in [1.54, 1.807) is 11.3 Å². The van der Waals surface area contributed by atoms with Gasteiger partial charge < -0.3 is 19.9 Å². The first-order valence-electron chi connectivity index (χ1n) is 11.2. The Morgan fingerprint density at radius 3 is 2.77 bits per heavy atom. The summed E-state index contributed by atoms with van der Waals surface area (Å²) in [7, 11) is 5.52. The number of pyridine rings is 1. The molecule has 35 heavy (non-hydrogen) atoms. The van der Waals surface area contributed by atoms with Crippen LogP contribution in [0.25, 0.3) is 10.3 Å². The number of carbonyl (C=O) groups is 1. The molecule has 1 unspecified atom stereocenters. The summed E-state index contributed by atoms with van der Waals surface area (Å²) in [4.78, 5) is 26.2. The molecule has 1 fully saturated rings. The van der Waals surface area contributed by atoms with E-state index in [0.717, 1.165) is 46.2 Å². The zero-order chi connectivity index (χ0) is 24.4. The van der Waals surface area contributed by atoms with Gasteiger partial charge in [0.25, 0.3) is 5.91 Å². The fraction of sp³-hybridized carbons (Fsp3) is 0.348. The molecule has 1 amide bonds. The second-order valence-electron chi connectivity index (χ2n) is 8.41. The van der Waals surface area contributed by atoms with Crippen molar-refractivity contribution in [3.05, 3.63) is 48.2 Å². The minimum atomic E-state index is -0.711. The molecular formula is C23H26N8O2S2. The van der Waals surface area contributed by atoms with Crippen LogP contribution in [0.2, 0.25) is 0 Å². The van der Waals surface area contributed by atoms with Crippen LogP contribution in [0, 0.1) is 0 Å². The van der Waals surface area contributed by atoms with Crippen molar-refractivity contribution in [2.24, 2.45) is 0 Å². The van der Waals surface area contributed by atoms with Gasteiger partial charge in [0.15, 0.2) is 16.9 Å². The van der Waals surface area contributed by atoms with E-state index < -0.39 is 6.10 Å². The summed E-state index contributed by atoms with van der Waals surface area (Å²) < 4.78 is 6.47. The van der Waals surface area contributed by atoms with E-state index in [2.05, 4.69) is 36.8 Å². The molecule has 3 aromatic heterocycles. The number of aromatic nitrogens is 4. The molecule has 0 bridgehead atoms. The summed E-state index contributed by atoms with van der Waals surface area (Å²) in [5, 5.41) is 16.7. The van der Waals surface area contributed by atoms with Gasteiger partial charge in [-0.1, -0.05) is 53.0 Å². The summed E-state index contributed by atoms with van der Waals surface area (Å²) >= 11 is 2.97. The van der Waals surface area contributed by atoms with Gasteiger partial charge in [0.05, 0.1) is 16.6 Å². The molecule has 182 valence electrons. The maximum atomic E-state index is 12.7. The summed E-state index contributed by atoms with van der Waals surface area (Å²) in [6, 6.07) is 11.7. The Kier molecular flexibility index (Phi) is 6.75. The van der Waals surface area contributed by atoms with Crippen LogP contribution in [0.15, 0.2) is 42.6 Å². The molecule has 12 heteroatoms. The zero-order valence-electron chi connectivity index (χ0n) is 19.6. The van der Waals surface area contributed by atoms with Crippen molar-refractivity contribution in [2.75, 3.05) is 54.7 Å². The molecule has 0 saturated carbocycles. The summed E-state index contributed by atoms with van der Waals surface area (Å²) in [5.41, 5.74) is 2.62. The quantitative estimate of drug-likeness (QED) is 0.367. The fourth-order valence-corrected chi connectivity index (χ4v) is 5.65.